The summed E-state index contributed by atoms with van der Waals surface area (Å²) in [6.45, 7) is 1.87. The molecule has 1 heterocycles. The number of nitrogens with one attached hydrogen (secondary N) is 3. The van der Waals surface area contributed by atoms with E-state index in [0.717, 1.165) is 0 Å². The summed E-state index contributed by atoms with van der Waals surface area (Å²) in [6, 6.07) is 11.1. The number of carbonyl (C=O) groups is 3. The fraction of sp³-hybridized carbons (Fsp3) is 0.174. The van der Waals surface area contributed by atoms with Crippen LogP contribution in [-0.4, -0.2) is 43.7 Å². The van der Waals surface area contributed by atoms with Gasteiger partial charge in [-0.15, -0.1) is 0 Å². The van der Waals surface area contributed by atoms with Crippen LogP contribution in [0.1, 0.15) is 27.8 Å². The Balaban J connectivity index is 1.80. The molecule has 33 heavy (non-hydrogen) atoms. The molecule has 0 radical (unpaired) electrons. The fourth-order valence-electron chi connectivity index (χ4n) is 3.20. The molecule has 3 rings (SSSR count). The van der Waals surface area contributed by atoms with Gasteiger partial charge in [0.25, 0.3) is 5.91 Å². The summed E-state index contributed by atoms with van der Waals surface area (Å²) < 4.78 is 15.5. The molecule has 0 fully saturated rings. The van der Waals surface area contributed by atoms with E-state index in [1.165, 1.54) is 20.4 Å². The minimum absolute atomic E-state index is 0.0848. The number of H-pyrrole nitrogens is 1. The van der Waals surface area contributed by atoms with Crippen LogP contribution in [0.3, 0.4) is 0 Å². The molecule has 3 amide bonds. The molecule has 172 valence electrons. The lowest BCUT2D eigenvalue weighted by molar-refractivity contribution is 0.0527. The van der Waals surface area contributed by atoms with Crippen molar-refractivity contribution >= 4 is 29.3 Å². The Morgan fingerprint density at radius 3 is 2.33 bits per heavy atom. The van der Waals surface area contributed by atoms with Crippen molar-refractivity contribution in [2.75, 3.05) is 31.5 Å². The first kappa shape index (κ1) is 23.2. The summed E-state index contributed by atoms with van der Waals surface area (Å²) >= 11 is 0. The van der Waals surface area contributed by atoms with Crippen molar-refractivity contribution in [3.63, 3.8) is 0 Å². The Kier molecular flexibility index (Phi) is 7.19. The first-order valence-corrected chi connectivity index (χ1v) is 9.96. The Bertz CT molecular complexity index is 1170. The first-order chi connectivity index (χ1) is 15.9. The van der Waals surface area contributed by atoms with Crippen molar-refractivity contribution < 1.29 is 28.6 Å². The Morgan fingerprint density at radius 1 is 1.00 bits per heavy atom. The van der Waals surface area contributed by atoms with Crippen molar-refractivity contribution in [1.29, 1.82) is 0 Å². The number of anilines is 2. The minimum Gasteiger partial charge on any atom is -0.497 e. The van der Waals surface area contributed by atoms with E-state index in [9.17, 15) is 14.4 Å². The Labute approximate surface area is 190 Å². The molecule has 2 aromatic carbocycles. The molecule has 0 saturated carbocycles. The summed E-state index contributed by atoms with van der Waals surface area (Å²) in [5.74, 6) is -0.261. The topological polar surface area (TPSA) is 145 Å². The van der Waals surface area contributed by atoms with Crippen molar-refractivity contribution in [3.8, 4) is 22.6 Å². The number of hydrogen-bond acceptors (Lipinski definition) is 6. The molecule has 3 aromatic rings. The second-order valence-corrected chi connectivity index (χ2v) is 6.76. The van der Waals surface area contributed by atoms with E-state index < -0.39 is 17.9 Å². The molecular formula is C23H24N4O6. The monoisotopic (exact) mass is 452 g/mol. The van der Waals surface area contributed by atoms with Crippen LogP contribution in [0.5, 0.6) is 11.5 Å². The standard InChI is InChI=1S/C23H24N4O6/c1-4-33-22(29)16-12-25-20(21(24)28)19(16)13-5-7-14(8-6-13)26-23(30)27-17-11-15(31-2)9-10-18(17)32-3/h5-12,25H,4H2,1-3H3,(H2,24,28)(H2,26,27,30). The fourth-order valence-corrected chi connectivity index (χ4v) is 3.20. The summed E-state index contributed by atoms with van der Waals surface area (Å²) in [6.07, 6.45) is 1.38. The zero-order valence-corrected chi connectivity index (χ0v) is 18.4. The second-order valence-electron chi connectivity index (χ2n) is 6.76. The van der Waals surface area contributed by atoms with E-state index in [1.807, 2.05) is 0 Å². The number of primary amides is 1. The van der Waals surface area contributed by atoms with E-state index >= 15 is 0 Å². The maximum absolute atomic E-state index is 12.5. The summed E-state index contributed by atoms with van der Waals surface area (Å²) in [7, 11) is 3.02. The third kappa shape index (κ3) is 5.24. The number of aromatic nitrogens is 1. The van der Waals surface area contributed by atoms with E-state index in [0.29, 0.717) is 34.0 Å². The van der Waals surface area contributed by atoms with E-state index in [4.69, 9.17) is 19.9 Å². The number of ether oxygens (including phenoxy) is 3. The highest BCUT2D eigenvalue weighted by Crippen LogP contribution is 2.31. The smallest absolute Gasteiger partial charge is 0.340 e. The van der Waals surface area contributed by atoms with Crippen LogP contribution in [0.4, 0.5) is 16.2 Å². The number of rotatable bonds is 8. The molecule has 10 nitrogen and oxygen atoms in total. The van der Waals surface area contributed by atoms with Gasteiger partial charge in [-0.3, -0.25) is 4.79 Å². The zero-order chi connectivity index (χ0) is 24.0. The lowest BCUT2D eigenvalue weighted by atomic mass is 10.0. The van der Waals surface area contributed by atoms with E-state index in [2.05, 4.69) is 15.6 Å². The SMILES string of the molecule is CCOC(=O)c1c[nH]c(C(N)=O)c1-c1ccc(NC(=O)Nc2cc(OC)ccc2OC)cc1. The number of hydrogen-bond donors (Lipinski definition) is 4. The van der Waals surface area contributed by atoms with Gasteiger partial charge in [-0.05, 0) is 36.8 Å². The quantitative estimate of drug-likeness (QED) is 0.384. The van der Waals surface area contributed by atoms with Gasteiger partial charge < -0.3 is 35.6 Å². The van der Waals surface area contributed by atoms with Gasteiger partial charge in [0, 0.05) is 23.5 Å². The van der Waals surface area contributed by atoms with Crippen LogP contribution in [0, 0.1) is 0 Å². The normalized spacial score (nSPS) is 10.3. The van der Waals surface area contributed by atoms with Gasteiger partial charge in [-0.1, -0.05) is 12.1 Å². The van der Waals surface area contributed by atoms with Gasteiger partial charge in [0.15, 0.2) is 0 Å². The molecule has 0 aliphatic heterocycles. The van der Waals surface area contributed by atoms with E-state index in [-0.39, 0.29) is 17.9 Å². The van der Waals surface area contributed by atoms with Crippen molar-refractivity contribution in [1.82, 2.24) is 4.98 Å². The average molecular weight is 452 g/mol. The third-order valence-corrected chi connectivity index (χ3v) is 4.71. The van der Waals surface area contributed by atoms with Gasteiger partial charge in [-0.2, -0.15) is 0 Å². The summed E-state index contributed by atoms with van der Waals surface area (Å²) in [4.78, 5) is 39.3. The van der Waals surface area contributed by atoms with Gasteiger partial charge >= 0.3 is 12.0 Å². The van der Waals surface area contributed by atoms with Crippen LogP contribution in [0.25, 0.3) is 11.1 Å². The zero-order valence-electron chi connectivity index (χ0n) is 18.4. The molecular weight excluding hydrogens is 428 g/mol. The average Bonchev–Trinajstić information content (AvgIpc) is 3.25. The van der Waals surface area contributed by atoms with Crippen LogP contribution >= 0.6 is 0 Å². The third-order valence-electron chi connectivity index (χ3n) is 4.71. The maximum Gasteiger partial charge on any atom is 0.340 e. The summed E-state index contributed by atoms with van der Waals surface area (Å²) in [5, 5.41) is 5.42. The number of aromatic amines is 1. The van der Waals surface area contributed by atoms with Gasteiger partial charge in [0.05, 0.1) is 32.1 Å². The molecule has 0 saturated heterocycles. The van der Waals surface area contributed by atoms with Gasteiger partial charge in [0.2, 0.25) is 0 Å². The number of methoxy groups -OCH3 is 2. The lowest BCUT2D eigenvalue weighted by Crippen LogP contribution is -2.19. The minimum atomic E-state index is -0.714. The van der Waals surface area contributed by atoms with E-state index in [1.54, 1.807) is 49.4 Å². The van der Waals surface area contributed by atoms with Gasteiger partial charge in [-0.25, -0.2) is 9.59 Å². The van der Waals surface area contributed by atoms with Crippen LogP contribution in [0.2, 0.25) is 0 Å². The van der Waals surface area contributed by atoms with Crippen LogP contribution in [-0.2, 0) is 4.74 Å². The number of amides is 3. The van der Waals surface area contributed by atoms with Crippen LogP contribution < -0.4 is 25.8 Å². The molecule has 0 aliphatic rings. The highest BCUT2D eigenvalue weighted by Gasteiger charge is 2.22. The van der Waals surface area contributed by atoms with Crippen molar-refractivity contribution in [2.45, 2.75) is 6.92 Å². The molecule has 0 unspecified atom stereocenters. The largest absolute Gasteiger partial charge is 0.497 e. The highest BCUT2D eigenvalue weighted by atomic mass is 16.5. The second kappa shape index (κ2) is 10.2. The highest BCUT2D eigenvalue weighted by molar-refractivity contribution is 6.07. The maximum atomic E-state index is 12.5. The number of nitrogens with two attached hydrogens (primary N) is 1. The molecule has 10 heteroatoms. The van der Waals surface area contributed by atoms with Crippen molar-refractivity contribution in [3.05, 3.63) is 59.9 Å². The molecule has 5 N–H and O–H groups in total. The van der Waals surface area contributed by atoms with Crippen molar-refractivity contribution in [2.24, 2.45) is 5.73 Å². The first-order valence-electron chi connectivity index (χ1n) is 9.96. The Hall–Kier alpha value is -4.47. The molecule has 0 aliphatic carbocycles. The Morgan fingerprint density at radius 2 is 1.73 bits per heavy atom. The molecule has 0 spiro atoms. The number of carbonyl (C=O) groups excluding carboxylic acids is 3. The number of urea groups is 1. The summed E-state index contributed by atoms with van der Waals surface area (Å²) in [5.41, 5.74) is 7.51. The number of benzene rings is 2. The van der Waals surface area contributed by atoms with Gasteiger partial charge in [0.1, 0.15) is 17.2 Å². The van der Waals surface area contributed by atoms with Crippen LogP contribution in [0.15, 0.2) is 48.7 Å². The predicted octanol–water partition coefficient (Wildman–Crippen LogP) is 3.62. The number of esters is 1. The lowest BCUT2D eigenvalue weighted by Gasteiger charge is -2.13. The molecule has 1 aromatic heterocycles. The predicted molar refractivity (Wildman–Crippen MR) is 123 cm³/mol. The molecule has 0 atom stereocenters. The molecule has 0 bridgehead atoms.